The number of nitrogens with one attached hydrogen (secondary N) is 1. The van der Waals surface area contributed by atoms with Crippen LogP contribution in [0, 0.1) is 5.92 Å². The molecule has 2 heterocycles. The monoisotopic (exact) mass is 504 g/mol. The number of benzene rings is 2. The summed E-state index contributed by atoms with van der Waals surface area (Å²) in [6.07, 6.45) is -2.85. The summed E-state index contributed by atoms with van der Waals surface area (Å²) in [5.41, 5.74) is 0.875. The van der Waals surface area contributed by atoms with Crippen LogP contribution in [-0.4, -0.2) is 42.3 Å². The van der Waals surface area contributed by atoms with Crippen LogP contribution < -0.4 is 15.0 Å². The van der Waals surface area contributed by atoms with Gasteiger partial charge in [0.05, 0.1) is 23.7 Å². The van der Waals surface area contributed by atoms with Crippen molar-refractivity contribution in [3.8, 4) is 17.0 Å². The van der Waals surface area contributed by atoms with Gasteiger partial charge in [0.25, 0.3) is 0 Å². The summed E-state index contributed by atoms with van der Waals surface area (Å²) in [6, 6.07) is 15.8. The van der Waals surface area contributed by atoms with Gasteiger partial charge in [-0.1, -0.05) is 29.8 Å². The Hall–Kier alpha value is -3.33. The molecule has 6 nitrogen and oxygen atoms in total. The number of amides is 1. The Labute approximate surface area is 206 Å². The van der Waals surface area contributed by atoms with Gasteiger partial charge in [-0.25, -0.2) is 0 Å². The van der Waals surface area contributed by atoms with Crippen molar-refractivity contribution >= 4 is 23.3 Å². The molecule has 1 aliphatic heterocycles. The Morgan fingerprint density at radius 3 is 2.63 bits per heavy atom. The molecule has 1 amide bonds. The van der Waals surface area contributed by atoms with E-state index in [4.69, 9.17) is 16.3 Å². The Balaban J connectivity index is 1.26. The number of rotatable bonds is 7. The van der Waals surface area contributed by atoms with Crippen LogP contribution in [0.25, 0.3) is 11.3 Å². The predicted molar refractivity (Wildman–Crippen MR) is 127 cm³/mol. The van der Waals surface area contributed by atoms with Gasteiger partial charge in [0.2, 0.25) is 5.91 Å². The van der Waals surface area contributed by atoms with Crippen molar-refractivity contribution in [2.24, 2.45) is 5.92 Å². The fourth-order valence-corrected chi connectivity index (χ4v) is 4.04. The van der Waals surface area contributed by atoms with E-state index >= 15 is 0 Å². The van der Waals surface area contributed by atoms with Gasteiger partial charge in [-0.2, -0.15) is 13.2 Å². The molecule has 184 valence electrons. The predicted octanol–water partition coefficient (Wildman–Crippen LogP) is 5.23. The third kappa shape index (κ3) is 6.63. The van der Waals surface area contributed by atoms with Crippen molar-refractivity contribution in [3.63, 3.8) is 0 Å². The first-order valence-electron chi connectivity index (χ1n) is 11.2. The minimum atomic E-state index is -4.43. The SMILES string of the molecule is O=C(NCCOc1cccc(C(F)(F)F)c1)C1CCCN(c2ccc(-c3ccc(Cl)cc3)nn2)C1. The largest absolute Gasteiger partial charge is 0.492 e. The number of hydrogen-bond donors (Lipinski definition) is 1. The summed E-state index contributed by atoms with van der Waals surface area (Å²) in [4.78, 5) is 14.7. The number of anilines is 1. The summed E-state index contributed by atoms with van der Waals surface area (Å²) in [6.45, 7) is 1.55. The van der Waals surface area contributed by atoms with Crippen molar-refractivity contribution in [2.75, 3.05) is 31.1 Å². The number of piperidine rings is 1. The first kappa shape index (κ1) is 24.8. The topological polar surface area (TPSA) is 67.3 Å². The molecule has 1 saturated heterocycles. The van der Waals surface area contributed by atoms with E-state index in [9.17, 15) is 18.0 Å². The van der Waals surface area contributed by atoms with E-state index in [0.717, 1.165) is 42.8 Å². The van der Waals surface area contributed by atoms with Gasteiger partial charge in [0.15, 0.2) is 5.82 Å². The quantitative estimate of drug-likeness (QED) is 0.446. The maximum Gasteiger partial charge on any atom is 0.416 e. The van der Waals surface area contributed by atoms with Crippen LogP contribution in [0.4, 0.5) is 19.0 Å². The van der Waals surface area contributed by atoms with Gasteiger partial charge in [0.1, 0.15) is 12.4 Å². The molecule has 2 aromatic carbocycles. The van der Waals surface area contributed by atoms with Crippen molar-refractivity contribution in [3.05, 3.63) is 71.2 Å². The minimum absolute atomic E-state index is 0.0706. The average Bonchev–Trinajstić information content (AvgIpc) is 2.87. The molecule has 0 bridgehead atoms. The zero-order valence-corrected chi connectivity index (χ0v) is 19.5. The number of aromatic nitrogens is 2. The van der Waals surface area contributed by atoms with Crippen LogP contribution in [0.1, 0.15) is 18.4 Å². The van der Waals surface area contributed by atoms with Crippen LogP contribution in [-0.2, 0) is 11.0 Å². The van der Waals surface area contributed by atoms with Crippen LogP contribution >= 0.6 is 11.6 Å². The maximum absolute atomic E-state index is 12.8. The summed E-state index contributed by atoms with van der Waals surface area (Å²) in [5.74, 6) is 0.467. The van der Waals surface area contributed by atoms with E-state index in [1.54, 1.807) is 12.1 Å². The first-order valence-corrected chi connectivity index (χ1v) is 11.6. The lowest BCUT2D eigenvalue weighted by atomic mass is 9.97. The Morgan fingerprint density at radius 2 is 1.91 bits per heavy atom. The molecule has 3 aromatic rings. The summed E-state index contributed by atoms with van der Waals surface area (Å²) < 4.78 is 43.8. The summed E-state index contributed by atoms with van der Waals surface area (Å²) >= 11 is 5.93. The molecule has 1 aliphatic rings. The number of halogens is 4. The van der Waals surface area contributed by atoms with E-state index in [1.807, 2.05) is 29.2 Å². The fourth-order valence-electron chi connectivity index (χ4n) is 3.92. The molecule has 4 rings (SSSR count). The number of carbonyl (C=O) groups excluding carboxylic acids is 1. The van der Waals surface area contributed by atoms with Crippen molar-refractivity contribution in [1.82, 2.24) is 15.5 Å². The number of carbonyl (C=O) groups is 1. The fraction of sp³-hybridized carbons (Fsp3) is 0.320. The van der Waals surface area contributed by atoms with Gasteiger partial charge in [-0.15, -0.1) is 10.2 Å². The molecule has 0 saturated carbocycles. The highest BCUT2D eigenvalue weighted by Crippen LogP contribution is 2.31. The third-order valence-electron chi connectivity index (χ3n) is 5.74. The van der Waals surface area contributed by atoms with E-state index < -0.39 is 11.7 Å². The molecular weight excluding hydrogens is 481 g/mol. The number of ether oxygens (including phenoxy) is 1. The molecule has 1 unspecified atom stereocenters. The van der Waals surface area contributed by atoms with Crippen molar-refractivity contribution in [2.45, 2.75) is 19.0 Å². The maximum atomic E-state index is 12.8. The number of alkyl halides is 3. The number of nitrogens with zero attached hydrogens (tertiary/aromatic N) is 3. The Kier molecular flexibility index (Phi) is 7.75. The van der Waals surface area contributed by atoms with Gasteiger partial charge in [-0.3, -0.25) is 4.79 Å². The van der Waals surface area contributed by atoms with Crippen LogP contribution in [0.5, 0.6) is 5.75 Å². The van der Waals surface area contributed by atoms with Gasteiger partial charge in [0, 0.05) is 23.7 Å². The first-order chi connectivity index (χ1) is 16.8. The molecular formula is C25H24ClF3N4O2. The molecule has 35 heavy (non-hydrogen) atoms. The Morgan fingerprint density at radius 1 is 1.11 bits per heavy atom. The molecule has 1 aromatic heterocycles. The van der Waals surface area contributed by atoms with Gasteiger partial charge >= 0.3 is 6.18 Å². The van der Waals surface area contributed by atoms with Gasteiger partial charge in [-0.05, 0) is 55.3 Å². The third-order valence-corrected chi connectivity index (χ3v) is 5.99. The van der Waals surface area contributed by atoms with Crippen molar-refractivity contribution < 1.29 is 22.7 Å². The minimum Gasteiger partial charge on any atom is -0.492 e. The highest BCUT2D eigenvalue weighted by molar-refractivity contribution is 6.30. The smallest absolute Gasteiger partial charge is 0.416 e. The average molecular weight is 505 g/mol. The number of hydrogen-bond acceptors (Lipinski definition) is 5. The summed E-state index contributed by atoms with van der Waals surface area (Å²) in [5, 5.41) is 12.1. The van der Waals surface area contributed by atoms with Crippen LogP contribution in [0.2, 0.25) is 5.02 Å². The lowest BCUT2D eigenvalue weighted by Crippen LogP contribution is -2.44. The molecule has 0 aliphatic carbocycles. The molecule has 10 heteroatoms. The second-order valence-electron chi connectivity index (χ2n) is 8.23. The van der Waals surface area contributed by atoms with Crippen molar-refractivity contribution in [1.29, 1.82) is 0 Å². The van der Waals surface area contributed by atoms with E-state index in [2.05, 4.69) is 15.5 Å². The normalized spacial score (nSPS) is 16.1. The van der Waals surface area contributed by atoms with Crippen LogP contribution in [0.3, 0.4) is 0 Å². The second-order valence-corrected chi connectivity index (χ2v) is 8.67. The second kappa shape index (κ2) is 10.9. The van der Waals surface area contributed by atoms with E-state index in [-0.39, 0.29) is 30.7 Å². The van der Waals surface area contributed by atoms with E-state index in [1.165, 1.54) is 12.1 Å². The highest BCUT2D eigenvalue weighted by atomic mass is 35.5. The lowest BCUT2D eigenvalue weighted by molar-refractivity contribution is -0.137. The van der Waals surface area contributed by atoms with E-state index in [0.29, 0.717) is 17.4 Å². The standard InChI is InChI=1S/C25H24ClF3N4O2/c26-20-8-6-17(7-9-20)22-10-11-23(32-31-22)33-13-2-3-18(16-33)24(34)30-12-14-35-21-5-1-4-19(15-21)25(27,28)29/h1,4-11,15,18H,2-3,12-14,16H2,(H,30,34). The zero-order chi connectivity index (χ0) is 24.8. The molecule has 1 N–H and O–H groups in total. The zero-order valence-electron chi connectivity index (χ0n) is 18.8. The highest BCUT2D eigenvalue weighted by Gasteiger charge is 2.30. The molecule has 1 atom stereocenters. The molecule has 0 spiro atoms. The summed E-state index contributed by atoms with van der Waals surface area (Å²) in [7, 11) is 0. The Bertz CT molecular complexity index is 1140. The lowest BCUT2D eigenvalue weighted by Gasteiger charge is -2.32. The van der Waals surface area contributed by atoms with Crippen LogP contribution in [0.15, 0.2) is 60.7 Å². The molecule has 0 radical (unpaired) electrons. The van der Waals surface area contributed by atoms with Gasteiger partial charge < -0.3 is 15.0 Å². The molecule has 1 fully saturated rings.